The minimum Gasteiger partial charge on any atom is -0.758 e. The van der Waals surface area contributed by atoms with Gasteiger partial charge in [-0.2, -0.15) is 0 Å². The van der Waals surface area contributed by atoms with Crippen molar-refractivity contribution in [2.24, 2.45) is 0 Å². The van der Waals surface area contributed by atoms with Gasteiger partial charge in [0, 0.05) is 53.3 Å². The Morgan fingerprint density at radius 3 is 0.846 bits per heavy atom. The van der Waals surface area contributed by atoms with Crippen LogP contribution in [0.2, 0.25) is 0 Å². The van der Waals surface area contributed by atoms with Crippen LogP contribution in [0.3, 0.4) is 0 Å². The van der Waals surface area contributed by atoms with Crippen molar-refractivity contribution in [2.75, 3.05) is 57.5 Å². The molecule has 0 atom stereocenters. The maximum absolute atomic E-state index is 13.3. The topological polar surface area (TPSA) is 109 Å². The predicted molar refractivity (Wildman–Crippen MR) is 218 cm³/mol. The molecule has 0 bridgehead atoms. The van der Waals surface area contributed by atoms with Crippen molar-refractivity contribution in [1.29, 1.82) is 0 Å². The van der Waals surface area contributed by atoms with Gasteiger partial charge < -0.3 is 30.8 Å². The smallest absolute Gasteiger partial charge is 0.758 e. The third kappa shape index (κ3) is 13.0. The van der Waals surface area contributed by atoms with E-state index >= 15 is 0 Å². The summed E-state index contributed by atoms with van der Waals surface area (Å²) in [5.41, 5.74) is 2.67. The number of hydrogen-bond acceptors (Lipinski definition) is 8. The minimum atomic E-state index is -2.44. The molecular weight excluding hydrogens is 824 g/mol. The van der Waals surface area contributed by atoms with Gasteiger partial charge >= 0.3 is 38.2 Å². The fraction of sp³-hybridized carbons (Fsp3) is 0.538. The first kappa shape index (κ1) is 48.3. The Labute approximate surface area is 345 Å². The largest absolute Gasteiger partial charge is 3.00 e. The first-order chi connectivity index (χ1) is 23.3. The summed E-state index contributed by atoms with van der Waals surface area (Å²) < 4.78 is 17.3. The van der Waals surface area contributed by atoms with E-state index in [0.29, 0.717) is 36.7 Å². The van der Waals surface area contributed by atoms with E-state index in [1.165, 1.54) is 0 Å². The number of hydrogen-bond donors (Lipinski definition) is 0. The van der Waals surface area contributed by atoms with E-state index in [4.69, 9.17) is 0 Å². The molecule has 0 saturated carbocycles. The van der Waals surface area contributed by atoms with Crippen molar-refractivity contribution in [3.63, 3.8) is 0 Å². The Morgan fingerprint density at radius 1 is 0.462 bits per heavy atom. The van der Waals surface area contributed by atoms with Gasteiger partial charge in [-0.3, -0.25) is 9.46 Å². The summed E-state index contributed by atoms with van der Waals surface area (Å²) >= 11 is 0. The molecule has 0 aliphatic heterocycles. The van der Waals surface area contributed by atoms with E-state index in [2.05, 4.69) is 4.90 Å². The number of benzene rings is 3. The van der Waals surface area contributed by atoms with E-state index in [0.717, 1.165) is 31.9 Å². The Balaban J connectivity index is 0.000000973. The van der Waals surface area contributed by atoms with Gasteiger partial charge in [0.2, 0.25) is 0 Å². The molecule has 0 spiro atoms. The maximum Gasteiger partial charge on any atom is 3.00 e. The molecule has 0 heterocycles. The second-order valence-corrected chi connectivity index (χ2v) is 19.9. The van der Waals surface area contributed by atoms with Crippen LogP contribution in [0.15, 0.2) is 72.8 Å². The molecule has 13 heteroatoms. The number of anilines is 3. The molecule has 3 aromatic carbocycles. The second kappa shape index (κ2) is 19.7. The average Bonchev–Trinajstić information content (AvgIpc) is 3.02. The zero-order valence-corrected chi connectivity index (χ0v) is 37.0. The van der Waals surface area contributed by atoms with Crippen LogP contribution >= 0.6 is 7.59 Å². The summed E-state index contributed by atoms with van der Waals surface area (Å²) in [5, 5.41) is 43.1. The van der Waals surface area contributed by atoms with E-state index in [1.807, 2.05) is 177 Å². The fourth-order valence-electron chi connectivity index (χ4n) is 5.58. The predicted octanol–water partition coefficient (Wildman–Crippen LogP) is 8.98. The standard InChI is InChI=1S/C33H45N4O3.C6H18N3OP.Dy/c1-31(2,3)35(38)28-19-13-10-16-25(28)22-34(23-26-17-11-14-20-29(26)36(39)32(4,5)6)24-27-18-12-15-21-30(27)37(40)33(7,8)9;1-7(2)11(10,8(3)4)9(5)6;/h10-21H,22-24H2,1-9H3;1-6H3;/q-3;;+3. The van der Waals surface area contributed by atoms with Gasteiger partial charge in [0.05, 0.1) is 0 Å². The van der Waals surface area contributed by atoms with Crippen LogP contribution in [0.1, 0.15) is 79.0 Å². The Morgan fingerprint density at radius 2 is 0.673 bits per heavy atom. The summed E-state index contributed by atoms with van der Waals surface area (Å²) in [4.78, 5) is 2.19. The van der Waals surface area contributed by atoms with Crippen molar-refractivity contribution < 1.29 is 42.7 Å². The van der Waals surface area contributed by atoms with Crippen molar-refractivity contribution in [2.45, 2.75) is 98.6 Å². The van der Waals surface area contributed by atoms with Crippen LogP contribution in [0, 0.1) is 53.8 Å². The summed E-state index contributed by atoms with van der Waals surface area (Å²) in [6, 6.07) is 22.9. The Kier molecular flexibility index (Phi) is 18.3. The number of para-hydroxylation sites is 3. The molecule has 0 saturated heterocycles. The van der Waals surface area contributed by atoms with Crippen LogP contribution in [0.5, 0.6) is 0 Å². The quantitative estimate of drug-likeness (QED) is 0.129. The molecule has 0 aromatic heterocycles. The fourth-order valence-corrected chi connectivity index (χ4v) is 7.72. The van der Waals surface area contributed by atoms with Gasteiger partial charge in [-0.15, -0.1) is 0 Å². The van der Waals surface area contributed by atoms with Crippen molar-refractivity contribution in [3.8, 4) is 0 Å². The molecule has 0 N–H and O–H groups in total. The van der Waals surface area contributed by atoms with E-state index in [9.17, 15) is 20.2 Å². The third-order valence-corrected chi connectivity index (χ3v) is 11.3. The van der Waals surface area contributed by atoms with E-state index in [-0.39, 0.29) is 38.2 Å². The number of nitrogens with zero attached hydrogens (tertiary/aromatic N) is 7. The number of hydroxylamine groups is 3. The molecule has 3 aromatic rings. The SMILES string of the molecule is CC(C)(C)N([O-])c1ccccc1CN(Cc1ccccc1N([O-])C(C)(C)C)Cc1ccccc1N([O-])C(C)(C)C.CN(C)P(=O)(N(C)C)N(C)C.[Dy+3]. The molecule has 0 aliphatic carbocycles. The van der Waals surface area contributed by atoms with Gasteiger partial charge in [0.1, 0.15) is 0 Å². The first-order valence-electron chi connectivity index (χ1n) is 17.3. The van der Waals surface area contributed by atoms with Crippen molar-refractivity contribution >= 4 is 24.7 Å². The van der Waals surface area contributed by atoms with Crippen LogP contribution in [-0.2, 0) is 24.2 Å². The number of rotatable bonds is 12. The van der Waals surface area contributed by atoms with Gasteiger partial charge in [0.25, 0.3) is 7.59 Å². The molecule has 11 nitrogen and oxygen atoms in total. The zero-order valence-electron chi connectivity index (χ0n) is 34.1. The van der Waals surface area contributed by atoms with Crippen molar-refractivity contribution in [1.82, 2.24) is 18.9 Å². The monoisotopic (exact) mass is 888 g/mol. The molecule has 0 fully saturated rings. The van der Waals surface area contributed by atoms with Gasteiger partial charge in [-0.25, -0.2) is 14.0 Å². The molecule has 52 heavy (non-hydrogen) atoms. The van der Waals surface area contributed by atoms with Crippen molar-refractivity contribution in [3.05, 3.63) is 105 Å². The normalized spacial score (nSPS) is 12.5. The van der Waals surface area contributed by atoms with Crippen LogP contribution < -0.4 is 15.2 Å². The molecule has 1 radical (unpaired) electrons. The summed E-state index contributed by atoms with van der Waals surface area (Å²) in [6.45, 7) is 18.4. The van der Waals surface area contributed by atoms with E-state index < -0.39 is 24.2 Å². The van der Waals surface area contributed by atoms with E-state index in [1.54, 1.807) is 14.0 Å². The summed E-state index contributed by atoms with van der Waals surface area (Å²) in [7, 11) is 8.49. The average molecular weight is 887 g/mol. The summed E-state index contributed by atoms with van der Waals surface area (Å²) in [5.74, 6) is 0. The molecule has 293 valence electrons. The molecule has 3 rings (SSSR count). The minimum absolute atomic E-state index is 0. The van der Waals surface area contributed by atoms with Crippen LogP contribution in [-0.4, -0.2) is 77.8 Å². The molecule has 0 amide bonds. The third-order valence-electron chi connectivity index (χ3n) is 8.20. The van der Waals surface area contributed by atoms with Gasteiger partial charge in [-0.05, 0) is 139 Å². The second-order valence-electron chi connectivity index (χ2n) is 16.5. The van der Waals surface area contributed by atoms with Gasteiger partial charge in [0.15, 0.2) is 0 Å². The molecule has 0 unspecified atom stereocenters. The first-order valence-corrected chi connectivity index (χ1v) is 18.9. The zero-order chi connectivity index (χ0) is 39.1. The molecular formula is C39H63DyN7O4P. The van der Waals surface area contributed by atoms with Crippen LogP contribution in [0.25, 0.3) is 0 Å². The molecule has 0 aliphatic rings. The summed E-state index contributed by atoms with van der Waals surface area (Å²) in [6.07, 6.45) is 0. The van der Waals surface area contributed by atoms with Gasteiger partial charge in [-0.1, -0.05) is 54.6 Å². The maximum atomic E-state index is 13.3. The van der Waals surface area contributed by atoms with Crippen LogP contribution in [0.4, 0.5) is 17.1 Å². The Bertz CT molecular complexity index is 1400. The Hall–Kier alpha value is -1.72.